The van der Waals surface area contributed by atoms with Gasteiger partial charge in [-0.05, 0) is 6.92 Å². The van der Waals surface area contributed by atoms with Crippen molar-refractivity contribution in [3.05, 3.63) is 0 Å². The first kappa shape index (κ1) is 10.9. The molecule has 0 amide bonds. The van der Waals surface area contributed by atoms with Crippen molar-refractivity contribution in [2.45, 2.75) is 25.2 Å². The van der Waals surface area contributed by atoms with E-state index in [0.29, 0.717) is 12.6 Å². The maximum Gasteiger partial charge on any atom is 0.0702 e. The Hall–Kier alpha value is -0.200. The first-order valence-electron chi connectivity index (χ1n) is 4.84. The molecule has 0 saturated carbocycles. The van der Waals surface area contributed by atoms with Crippen molar-refractivity contribution in [1.82, 2.24) is 10.2 Å². The molecule has 1 aliphatic rings. The van der Waals surface area contributed by atoms with Crippen molar-refractivity contribution in [2.75, 3.05) is 26.2 Å². The van der Waals surface area contributed by atoms with Gasteiger partial charge in [0.2, 0.25) is 0 Å². The fraction of sp³-hybridized carbons (Fsp3) is 1.00. The summed E-state index contributed by atoms with van der Waals surface area (Å²) >= 11 is 0. The Balaban J connectivity index is 2.56. The van der Waals surface area contributed by atoms with Gasteiger partial charge in [-0.2, -0.15) is 0 Å². The minimum absolute atomic E-state index is 0.0573. The molecule has 0 radical (unpaired) electrons. The van der Waals surface area contributed by atoms with E-state index in [-0.39, 0.29) is 12.2 Å². The number of rotatable bonds is 3. The molecule has 0 bridgehead atoms. The molecule has 1 aliphatic heterocycles. The monoisotopic (exact) mass is 187 g/mol. The van der Waals surface area contributed by atoms with E-state index in [1.807, 2.05) is 6.92 Å². The maximum absolute atomic E-state index is 5.89. The van der Waals surface area contributed by atoms with E-state index in [0.717, 1.165) is 19.6 Å². The Bertz CT molecular complexity index is 149. The average molecular weight is 187 g/mol. The van der Waals surface area contributed by atoms with Crippen LogP contribution in [0.1, 0.15) is 6.92 Å². The molecule has 1 rings (SSSR count). The quantitative estimate of drug-likeness (QED) is 0.404. The van der Waals surface area contributed by atoms with Gasteiger partial charge in [-0.15, -0.1) is 0 Å². The molecule has 3 unspecified atom stereocenters. The lowest BCUT2D eigenvalue weighted by Gasteiger charge is -2.41. The molecular formula is C8H21N5. The van der Waals surface area contributed by atoms with Crippen LogP contribution in [-0.2, 0) is 0 Å². The predicted octanol–water partition coefficient (Wildman–Crippen LogP) is -2.15. The van der Waals surface area contributed by atoms with Crippen LogP contribution >= 0.6 is 0 Å². The Morgan fingerprint density at radius 1 is 1.54 bits per heavy atom. The van der Waals surface area contributed by atoms with E-state index in [4.69, 9.17) is 17.2 Å². The minimum Gasteiger partial charge on any atom is -0.328 e. The zero-order valence-electron chi connectivity index (χ0n) is 8.24. The van der Waals surface area contributed by atoms with E-state index in [1.165, 1.54) is 0 Å². The zero-order valence-corrected chi connectivity index (χ0v) is 8.24. The highest BCUT2D eigenvalue weighted by Gasteiger charge is 2.28. The Labute approximate surface area is 79.6 Å². The number of nitrogens with zero attached hydrogens (tertiary/aromatic N) is 1. The van der Waals surface area contributed by atoms with Crippen molar-refractivity contribution >= 4 is 0 Å². The van der Waals surface area contributed by atoms with Crippen LogP contribution in [0.3, 0.4) is 0 Å². The summed E-state index contributed by atoms with van der Waals surface area (Å²) in [6, 6.07) is 0.442. The van der Waals surface area contributed by atoms with Crippen LogP contribution in [0.2, 0.25) is 0 Å². The van der Waals surface area contributed by atoms with Gasteiger partial charge in [-0.25, -0.2) is 0 Å². The van der Waals surface area contributed by atoms with Crippen LogP contribution in [0.4, 0.5) is 0 Å². The lowest BCUT2D eigenvalue weighted by atomic mass is 10.1. The van der Waals surface area contributed by atoms with Gasteiger partial charge in [0.1, 0.15) is 0 Å². The molecule has 0 aromatic heterocycles. The first-order valence-corrected chi connectivity index (χ1v) is 4.84. The molecule has 78 valence electrons. The maximum atomic E-state index is 5.89. The molecule has 1 saturated heterocycles. The molecule has 0 aromatic rings. The highest BCUT2D eigenvalue weighted by molar-refractivity contribution is 4.88. The second-order valence-corrected chi connectivity index (χ2v) is 3.67. The number of piperazine rings is 1. The van der Waals surface area contributed by atoms with Gasteiger partial charge in [-0.1, -0.05) is 0 Å². The zero-order chi connectivity index (χ0) is 9.84. The molecule has 1 heterocycles. The van der Waals surface area contributed by atoms with Gasteiger partial charge < -0.3 is 22.5 Å². The van der Waals surface area contributed by atoms with Crippen LogP contribution in [0.15, 0.2) is 0 Å². The number of hydrogen-bond acceptors (Lipinski definition) is 5. The second-order valence-electron chi connectivity index (χ2n) is 3.67. The Morgan fingerprint density at radius 3 is 2.77 bits per heavy atom. The first-order chi connectivity index (χ1) is 6.16. The van der Waals surface area contributed by atoms with Gasteiger partial charge >= 0.3 is 0 Å². The summed E-state index contributed by atoms with van der Waals surface area (Å²) in [7, 11) is 0. The van der Waals surface area contributed by atoms with E-state index in [2.05, 4.69) is 10.2 Å². The van der Waals surface area contributed by atoms with Crippen molar-refractivity contribution in [3.8, 4) is 0 Å². The molecule has 5 nitrogen and oxygen atoms in total. The highest BCUT2D eigenvalue weighted by atomic mass is 15.3. The van der Waals surface area contributed by atoms with Gasteiger partial charge in [0.25, 0.3) is 0 Å². The van der Waals surface area contributed by atoms with Gasteiger partial charge in [0.15, 0.2) is 0 Å². The molecule has 1 fully saturated rings. The van der Waals surface area contributed by atoms with E-state index < -0.39 is 0 Å². The molecule has 13 heavy (non-hydrogen) atoms. The third-order valence-corrected chi connectivity index (χ3v) is 2.60. The van der Waals surface area contributed by atoms with E-state index in [9.17, 15) is 0 Å². The van der Waals surface area contributed by atoms with Crippen molar-refractivity contribution in [2.24, 2.45) is 17.2 Å². The van der Waals surface area contributed by atoms with Crippen molar-refractivity contribution in [1.29, 1.82) is 0 Å². The summed E-state index contributed by atoms with van der Waals surface area (Å²) in [6.45, 7) is 5.31. The SMILES string of the molecule is CC(N)C1CNCCN1C(N)CN. The fourth-order valence-electron chi connectivity index (χ4n) is 1.78. The summed E-state index contributed by atoms with van der Waals surface area (Å²) in [5.41, 5.74) is 17.3. The summed E-state index contributed by atoms with van der Waals surface area (Å²) in [6.07, 6.45) is -0.0573. The molecule has 0 aliphatic carbocycles. The summed E-state index contributed by atoms with van der Waals surface area (Å²) in [5.74, 6) is 0. The standard InChI is InChI=1S/C8H21N5/c1-6(10)7-5-12-2-3-13(7)8(11)4-9/h6-8,12H,2-5,9-11H2,1H3. The lowest BCUT2D eigenvalue weighted by Crippen LogP contribution is -2.64. The molecule has 5 heteroatoms. The van der Waals surface area contributed by atoms with Crippen molar-refractivity contribution < 1.29 is 0 Å². The van der Waals surface area contributed by atoms with Crippen molar-refractivity contribution in [3.63, 3.8) is 0 Å². The third-order valence-electron chi connectivity index (χ3n) is 2.60. The van der Waals surface area contributed by atoms with E-state index in [1.54, 1.807) is 0 Å². The molecule has 0 aromatic carbocycles. The number of nitrogens with two attached hydrogens (primary N) is 3. The predicted molar refractivity (Wildman–Crippen MR) is 54.0 cm³/mol. The molecular weight excluding hydrogens is 166 g/mol. The Kier molecular flexibility index (Phi) is 4.08. The van der Waals surface area contributed by atoms with Crippen LogP contribution in [0.5, 0.6) is 0 Å². The molecule has 3 atom stereocenters. The fourth-order valence-corrected chi connectivity index (χ4v) is 1.78. The highest BCUT2D eigenvalue weighted by Crippen LogP contribution is 2.07. The second kappa shape index (κ2) is 4.88. The largest absolute Gasteiger partial charge is 0.328 e. The molecule has 0 spiro atoms. The van der Waals surface area contributed by atoms with Crippen LogP contribution in [-0.4, -0.2) is 49.3 Å². The smallest absolute Gasteiger partial charge is 0.0702 e. The van der Waals surface area contributed by atoms with Gasteiger partial charge in [0, 0.05) is 38.3 Å². The van der Waals surface area contributed by atoms with Gasteiger partial charge in [-0.3, -0.25) is 4.90 Å². The average Bonchev–Trinajstić information content (AvgIpc) is 2.16. The summed E-state index contributed by atoms with van der Waals surface area (Å²) in [4.78, 5) is 2.20. The number of nitrogens with one attached hydrogen (secondary N) is 1. The summed E-state index contributed by atoms with van der Waals surface area (Å²) < 4.78 is 0. The lowest BCUT2D eigenvalue weighted by molar-refractivity contribution is 0.0984. The van der Waals surface area contributed by atoms with E-state index >= 15 is 0 Å². The third kappa shape index (κ3) is 2.62. The molecule has 7 N–H and O–H groups in total. The Morgan fingerprint density at radius 2 is 2.23 bits per heavy atom. The van der Waals surface area contributed by atoms with Gasteiger partial charge in [0.05, 0.1) is 6.17 Å². The van der Waals surface area contributed by atoms with Crippen LogP contribution < -0.4 is 22.5 Å². The number of hydrogen-bond donors (Lipinski definition) is 4. The van der Waals surface area contributed by atoms with Crippen LogP contribution in [0, 0.1) is 0 Å². The topological polar surface area (TPSA) is 93.3 Å². The van der Waals surface area contributed by atoms with Crippen LogP contribution in [0.25, 0.3) is 0 Å². The summed E-state index contributed by atoms with van der Waals surface area (Å²) in [5, 5.41) is 3.31. The normalized spacial score (nSPS) is 30.0. The minimum atomic E-state index is -0.0573.